The summed E-state index contributed by atoms with van der Waals surface area (Å²) < 4.78 is 38.4. The molecule has 0 aliphatic carbocycles. The zero-order valence-electron chi connectivity index (χ0n) is 22.8. The maximum absolute atomic E-state index is 15.5. The van der Waals surface area contributed by atoms with Crippen LogP contribution >= 0.6 is 15.9 Å². The van der Waals surface area contributed by atoms with E-state index in [0.29, 0.717) is 33.4 Å². The van der Waals surface area contributed by atoms with Crippen LogP contribution in [0.25, 0.3) is 22.1 Å². The van der Waals surface area contributed by atoms with Crippen molar-refractivity contribution in [3.63, 3.8) is 0 Å². The van der Waals surface area contributed by atoms with Gasteiger partial charge in [-0.2, -0.15) is 0 Å². The molecule has 1 N–H and O–H groups in total. The lowest BCUT2D eigenvalue weighted by molar-refractivity contribution is -0.142. The first kappa shape index (κ1) is 29.1. The molecule has 4 aromatic rings. The van der Waals surface area contributed by atoms with Crippen molar-refractivity contribution in [1.82, 2.24) is 5.32 Å². The molecule has 4 rings (SSSR count). The fraction of sp³-hybridized carbons (Fsp3) is 0.290. The highest BCUT2D eigenvalue weighted by Gasteiger charge is 2.19. The molecule has 210 valence electrons. The minimum absolute atomic E-state index is 0.0368. The lowest BCUT2D eigenvalue weighted by atomic mass is 9.98. The SMILES string of the molecule is CCOC(=O)Cc1ccc(Br)cc1OCc1cc(-c2cccc(CNC(=O)OC(C)(C)C)c2)c2occc2c1F. The van der Waals surface area contributed by atoms with Gasteiger partial charge in [0.25, 0.3) is 0 Å². The molecule has 0 atom stereocenters. The summed E-state index contributed by atoms with van der Waals surface area (Å²) >= 11 is 3.43. The zero-order chi connectivity index (χ0) is 28.9. The topological polar surface area (TPSA) is 87.0 Å². The molecule has 0 fully saturated rings. The van der Waals surface area contributed by atoms with Crippen LogP contribution in [-0.2, 0) is 33.8 Å². The average molecular weight is 612 g/mol. The van der Waals surface area contributed by atoms with Crippen LogP contribution in [0.1, 0.15) is 44.4 Å². The Morgan fingerprint density at radius 1 is 1.05 bits per heavy atom. The van der Waals surface area contributed by atoms with E-state index >= 15 is 4.39 Å². The van der Waals surface area contributed by atoms with Gasteiger partial charge in [-0.15, -0.1) is 0 Å². The molecule has 0 aliphatic heterocycles. The van der Waals surface area contributed by atoms with Gasteiger partial charge in [-0.25, -0.2) is 9.18 Å². The number of alkyl carbamates (subject to hydrolysis) is 1. The number of carbonyl (C=O) groups excluding carboxylic acids is 2. The van der Waals surface area contributed by atoms with Crippen LogP contribution in [0.4, 0.5) is 9.18 Å². The predicted octanol–water partition coefficient (Wildman–Crippen LogP) is 7.71. The Balaban J connectivity index is 1.60. The molecule has 40 heavy (non-hydrogen) atoms. The molecule has 0 saturated heterocycles. The van der Waals surface area contributed by atoms with Crippen molar-refractivity contribution in [3.05, 3.63) is 87.8 Å². The number of fused-ring (bicyclic) bond motifs is 1. The van der Waals surface area contributed by atoms with Crippen LogP contribution in [0.2, 0.25) is 0 Å². The van der Waals surface area contributed by atoms with Crippen LogP contribution in [-0.4, -0.2) is 24.3 Å². The maximum Gasteiger partial charge on any atom is 0.407 e. The summed E-state index contributed by atoms with van der Waals surface area (Å²) in [6.07, 6.45) is 0.971. The molecule has 3 aromatic carbocycles. The van der Waals surface area contributed by atoms with Gasteiger partial charge in [0, 0.05) is 27.7 Å². The molecule has 1 amide bonds. The molecular weight excluding hydrogens is 581 g/mol. The third-order valence-corrected chi connectivity index (χ3v) is 6.37. The Morgan fingerprint density at radius 3 is 2.60 bits per heavy atom. The molecular formula is C31H31BrFNO6. The first-order valence-electron chi connectivity index (χ1n) is 12.9. The van der Waals surface area contributed by atoms with E-state index < -0.39 is 17.5 Å². The summed E-state index contributed by atoms with van der Waals surface area (Å²) in [5.74, 6) is -0.368. The molecule has 0 spiro atoms. The van der Waals surface area contributed by atoms with Crippen molar-refractivity contribution in [2.24, 2.45) is 0 Å². The largest absolute Gasteiger partial charge is 0.488 e. The Hall–Kier alpha value is -3.85. The summed E-state index contributed by atoms with van der Waals surface area (Å²) in [6.45, 7) is 7.61. The standard InChI is InChI=1S/C31H31BrFNO6/c1-5-37-27(35)15-21-9-10-23(32)16-26(21)39-18-22-14-25(29-24(28(22)33)11-12-38-29)20-8-6-7-19(13-20)17-34-30(36)40-31(2,3)4/h6-14,16H,5,15,17-18H2,1-4H3,(H,34,36). The Labute approximate surface area is 240 Å². The number of carbonyl (C=O) groups is 2. The van der Waals surface area contributed by atoms with Gasteiger partial charge in [0.15, 0.2) is 0 Å². The van der Waals surface area contributed by atoms with Crippen molar-refractivity contribution >= 4 is 39.0 Å². The predicted molar refractivity (Wildman–Crippen MR) is 153 cm³/mol. The van der Waals surface area contributed by atoms with Crippen LogP contribution in [0, 0.1) is 5.82 Å². The number of esters is 1. The van der Waals surface area contributed by atoms with Gasteiger partial charge in [0.05, 0.1) is 24.7 Å². The van der Waals surface area contributed by atoms with E-state index in [-0.39, 0.29) is 32.1 Å². The highest BCUT2D eigenvalue weighted by atomic mass is 79.9. The third kappa shape index (κ3) is 7.41. The van der Waals surface area contributed by atoms with Crippen LogP contribution in [0.15, 0.2) is 69.8 Å². The van der Waals surface area contributed by atoms with Crippen LogP contribution in [0.3, 0.4) is 0 Å². The van der Waals surface area contributed by atoms with E-state index in [2.05, 4.69) is 21.2 Å². The lowest BCUT2D eigenvalue weighted by Crippen LogP contribution is -2.32. The van der Waals surface area contributed by atoms with E-state index in [1.807, 2.05) is 30.3 Å². The average Bonchev–Trinajstić information content (AvgIpc) is 3.38. The molecule has 1 aromatic heterocycles. The molecule has 0 aliphatic rings. The number of amides is 1. The number of benzene rings is 3. The van der Waals surface area contributed by atoms with Crippen molar-refractivity contribution in [2.75, 3.05) is 6.61 Å². The summed E-state index contributed by atoms with van der Waals surface area (Å²) in [7, 11) is 0. The third-order valence-electron chi connectivity index (χ3n) is 5.87. The highest BCUT2D eigenvalue weighted by molar-refractivity contribution is 9.10. The molecule has 7 nitrogen and oxygen atoms in total. The number of hydrogen-bond acceptors (Lipinski definition) is 6. The maximum atomic E-state index is 15.5. The molecule has 0 saturated carbocycles. The van der Waals surface area contributed by atoms with Crippen molar-refractivity contribution in [2.45, 2.75) is 52.9 Å². The number of hydrogen-bond donors (Lipinski definition) is 1. The minimum Gasteiger partial charge on any atom is -0.488 e. The van der Waals surface area contributed by atoms with Gasteiger partial charge in [-0.1, -0.05) is 40.2 Å². The van der Waals surface area contributed by atoms with Crippen LogP contribution in [0.5, 0.6) is 5.75 Å². The van der Waals surface area contributed by atoms with Gasteiger partial charge in [-0.3, -0.25) is 4.79 Å². The van der Waals surface area contributed by atoms with Gasteiger partial charge in [0.2, 0.25) is 0 Å². The summed E-state index contributed by atoms with van der Waals surface area (Å²) in [6, 6.07) is 16.1. The molecule has 1 heterocycles. The Morgan fingerprint density at radius 2 is 1.85 bits per heavy atom. The smallest absolute Gasteiger partial charge is 0.407 e. The molecule has 0 radical (unpaired) electrons. The van der Waals surface area contributed by atoms with E-state index in [1.54, 1.807) is 52.0 Å². The first-order chi connectivity index (χ1) is 19.0. The van der Waals surface area contributed by atoms with E-state index in [0.717, 1.165) is 15.6 Å². The fourth-order valence-electron chi connectivity index (χ4n) is 4.16. The van der Waals surface area contributed by atoms with Gasteiger partial charge >= 0.3 is 12.1 Å². The second-order valence-corrected chi connectivity index (χ2v) is 11.1. The number of halogens is 2. The van der Waals surface area contributed by atoms with Gasteiger partial charge in [0.1, 0.15) is 29.4 Å². The number of nitrogens with one attached hydrogen (secondary N) is 1. The lowest BCUT2D eigenvalue weighted by Gasteiger charge is -2.19. The fourth-order valence-corrected chi connectivity index (χ4v) is 4.50. The van der Waals surface area contributed by atoms with Crippen molar-refractivity contribution < 1.29 is 32.6 Å². The quantitative estimate of drug-likeness (QED) is 0.195. The summed E-state index contributed by atoms with van der Waals surface area (Å²) in [4.78, 5) is 24.2. The highest BCUT2D eigenvalue weighted by Crippen LogP contribution is 2.35. The van der Waals surface area contributed by atoms with E-state index in [4.69, 9.17) is 18.6 Å². The second-order valence-electron chi connectivity index (χ2n) is 10.1. The summed E-state index contributed by atoms with van der Waals surface area (Å²) in [5.41, 5.74) is 3.07. The van der Waals surface area contributed by atoms with Crippen molar-refractivity contribution in [1.29, 1.82) is 0 Å². The normalized spacial score (nSPS) is 11.3. The molecule has 0 unspecified atom stereocenters. The van der Waals surface area contributed by atoms with E-state index in [9.17, 15) is 9.59 Å². The van der Waals surface area contributed by atoms with Crippen molar-refractivity contribution in [3.8, 4) is 16.9 Å². The number of ether oxygens (including phenoxy) is 3. The van der Waals surface area contributed by atoms with Crippen LogP contribution < -0.4 is 10.1 Å². The zero-order valence-corrected chi connectivity index (χ0v) is 24.4. The number of furan rings is 1. The number of rotatable bonds is 9. The Kier molecular flexibility index (Phi) is 9.14. The van der Waals surface area contributed by atoms with E-state index in [1.165, 1.54) is 6.26 Å². The van der Waals surface area contributed by atoms with Gasteiger partial charge < -0.3 is 23.9 Å². The Bertz CT molecular complexity index is 1520. The first-order valence-corrected chi connectivity index (χ1v) is 13.6. The molecule has 9 heteroatoms. The van der Waals surface area contributed by atoms with Gasteiger partial charge in [-0.05, 0) is 69.2 Å². The monoisotopic (exact) mass is 611 g/mol. The molecule has 0 bridgehead atoms. The second kappa shape index (κ2) is 12.6. The summed E-state index contributed by atoms with van der Waals surface area (Å²) in [5, 5.41) is 3.08. The minimum atomic E-state index is -0.598.